The molecule has 4 nitrogen and oxygen atoms in total. The van der Waals surface area contributed by atoms with Gasteiger partial charge in [0.2, 0.25) is 5.91 Å². The van der Waals surface area contributed by atoms with Crippen LogP contribution in [0.5, 0.6) is 11.5 Å². The van der Waals surface area contributed by atoms with Gasteiger partial charge in [0.05, 0.1) is 14.2 Å². The van der Waals surface area contributed by atoms with Crippen molar-refractivity contribution >= 4 is 5.91 Å². The van der Waals surface area contributed by atoms with Crippen molar-refractivity contribution in [1.29, 1.82) is 0 Å². The summed E-state index contributed by atoms with van der Waals surface area (Å²) in [5.41, 5.74) is 0.985. The molecule has 1 N–H and O–H groups in total. The predicted octanol–water partition coefficient (Wildman–Crippen LogP) is 2.12. The topological polar surface area (TPSA) is 47.6 Å². The molecule has 0 atom stereocenters. The summed E-state index contributed by atoms with van der Waals surface area (Å²) in [5.74, 6) is 1.85. The first-order chi connectivity index (χ1) is 8.72. The fraction of sp³-hybridized carbons (Fsp3) is 0.500. The van der Waals surface area contributed by atoms with Crippen LogP contribution in [-0.4, -0.2) is 20.1 Å². The summed E-state index contributed by atoms with van der Waals surface area (Å²) in [6, 6.07) is 5.63. The average Bonchev–Trinajstić information content (AvgIpc) is 2.33. The third kappa shape index (κ3) is 2.94. The molecule has 0 saturated heterocycles. The highest BCUT2D eigenvalue weighted by molar-refractivity contribution is 5.79. The zero-order valence-corrected chi connectivity index (χ0v) is 10.9. The van der Waals surface area contributed by atoms with Crippen LogP contribution in [0.25, 0.3) is 0 Å². The second-order valence-corrected chi connectivity index (χ2v) is 4.57. The Hall–Kier alpha value is -1.71. The molecule has 0 heterocycles. The van der Waals surface area contributed by atoms with Gasteiger partial charge in [-0.15, -0.1) is 0 Å². The minimum atomic E-state index is 0.156. The Morgan fingerprint density at radius 1 is 1.22 bits per heavy atom. The van der Waals surface area contributed by atoms with E-state index in [0.717, 1.165) is 29.9 Å². The van der Waals surface area contributed by atoms with Crippen LogP contribution in [0.3, 0.4) is 0 Å². The molecule has 98 valence electrons. The van der Waals surface area contributed by atoms with Crippen LogP contribution in [0.2, 0.25) is 0 Å². The summed E-state index contributed by atoms with van der Waals surface area (Å²) in [6.07, 6.45) is 3.21. The van der Waals surface area contributed by atoms with Crippen molar-refractivity contribution in [2.75, 3.05) is 14.2 Å². The van der Waals surface area contributed by atoms with Gasteiger partial charge in [-0.2, -0.15) is 0 Å². The van der Waals surface area contributed by atoms with E-state index in [0.29, 0.717) is 6.54 Å². The van der Waals surface area contributed by atoms with Crippen molar-refractivity contribution < 1.29 is 14.3 Å². The highest BCUT2D eigenvalue weighted by Crippen LogP contribution is 2.26. The number of ether oxygens (including phenoxy) is 2. The molecule has 1 aliphatic carbocycles. The van der Waals surface area contributed by atoms with Crippen molar-refractivity contribution in [1.82, 2.24) is 5.32 Å². The number of hydrogen-bond acceptors (Lipinski definition) is 3. The van der Waals surface area contributed by atoms with E-state index in [1.807, 2.05) is 18.2 Å². The summed E-state index contributed by atoms with van der Waals surface area (Å²) >= 11 is 0. The van der Waals surface area contributed by atoms with E-state index < -0.39 is 0 Å². The van der Waals surface area contributed by atoms with Crippen LogP contribution >= 0.6 is 0 Å². The standard InChI is InChI=1S/C14H19NO3/c1-17-12-6-10(7-13(8-12)18-2)9-15-14(16)11-4-3-5-11/h6-8,11H,3-5,9H2,1-2H3,(H,15,16). The van der Waals surface area contributed by atoms with Gasteiger partial charge in [-0.25, -0.2) is 0 Å². The first-order valence-corrected chi connectivity index (χ1v) is 6.22. The average molecular weight is 249 g/mol. The zero-order valence-electron chi connectivity index (χ0n) is 10.9. The van der Waals surface area contributed by atoms with E-state index in [4.69, 9.17) is 9.47 Å². The molecule has 1 aromatic carbocycles. The van der Waals surface area contributed by atoms with Gasteiger partial charge in [0.15, 0.2) is 0 Å². The fourth-order valence-corrected chi connectivity index (χ4v) is 1.97. The maximum absolute atomic E-state index is 11.7. The minimum Gasteiger partial charge on any atom is -0.497 e. The van der Waals surface area contributed by atoms with E-state index >= 15 is 0 Å². The maximum atomic E-state index is 11.7. The molecule has 0 spiro atoms. The molecule has 18 heavy (non-hydrogen) atoms. The Labute approximate surface area is 107 Å². The van der Waals surface area contributed by atoms with Gasteiger partial charge in [0.25, 0.3) is 0 Å². The zero-order chi connectivity index (χ0) is 13.0. The van der Waals surface area contributed by atoms with Crippen molar-refractivity contribution in [2.45, 2.75) is 25.8 Å². The SMILES string of the molecule is COc1cc(CNC(=O)C2CCC2)cc(OC)c1. The molecule has 0 aromatic heterocycles. The number of rotatable bonds is 5. The molecule has 2 rings (SSSR count). The van der Waals surface area contributed by atoms with E-state index in [1.165, 1.54) is 6.42 Å². The molecular formula is C14H19NO3. The molecule has 1 fully saturated rings. The smallest absolute Gasteiger partial charge is 0.223 e. The van der Waals surface area contributed by atoms with Gasteiger partial charge in [0, 0.05) is 18.5 Å². The Bertz CT molecular complexity index is 405. The minimum absolute atomic E-state index is 0.156. The number of nitrogens with one attached hydrogen (secondary N) is 1. The third-order valence-corrected chi connectivity index (χ3v) is 3.35. The van der Waals surface area contributed by atoms with Crippen molar-refractivity contribution in [3.05, 3.63) is 23.8 Å². The highest BCUT2D eigenvalue weighted by atomic mass is 16.5. The van der Waals surface area contributed by atoms with Gasteiger partial charge in [-0.1, -0.05) is 6.42 Å². The summed E-state index contributed by atoms with van der Waals surface area (Å²) in [6.45, 7) is 0.517. The Morgan fingerprint density at radius 2 is 1.83 bits per heavy atom. The lowest BCUT2D eigenvalue weighted by atomic mass is 9.85. The summed E-state index contributed by atoms with van der Waals surface area (Å²) in [5, 5.41) is 2.95. The summed E-state index contributed by atoms with van der Waals surface area (Å²) in [4.78, 5) is 11.7. The summed E-state index contributed by atoms with van der Waals surface area (Å²) in [7, 11) is 3.23. The largest absolute Gasteiger partial charge is 0.497 e. The van der Waals surface area contributed by atoms with Crippen LogP contribution < -0.4 is 14.8 Å². The van der Waals surface area contributed by atoms with Gasteiger partial charge < -0.3 is 14.8 Å². The van der Waals surface area contributed by atoms with E-state index in [-0.39, 0.29) is 11.8 Å². The van der Waals surface area contributed by atoms with Crippen LogP contribution in [0.1, 0.15) is 24.8 Å². The molecule has 1 aromatic rings. The fourth-order valence-electron chi connectivity index (χ4n) is 1.97. The summed E-state index contributed by atoms with van der Waals surface area (Å²) < 4.78 is 10.4. The van der Waals surface area contributed by atoms with E-state index in [2.05, 4.69) is 5.32 Å². The molecular weight excluding hydrogens is 230 g/mol. The lowest BCUT2D eigenvalue weighted by Gasteiger charge is -2.24. The number of hydrogen-bond donors (Lipinski definition) is 1. The van der Waals surface area contributed by atoms with Gasteiger partial charge in [-0.3, -0.25) is 4.79 Å². The molecule has 0 bridgehead atoms. The van der Waals surface area contributed by atoms with Crippen LogP contribution in [0.4, 0.5) is 0 Å². The Morgan fingerprint density at radius 3 is 2.28 bits per heavy atom. The molecule has 0 radical (unpaired) electrons. The number of amides is 1. The molecule has 4 heteroatoms. The second kappa shape index (κ2) is 5.76. The van der Waals surface area contributed by atoms with Crippen LogP contribution in [0, 0.1) is 5.92 Å². The van der Waals surface area contributed by atoms with Crippen molar-refractivity contribution in [3.8, 4) is 11.5 Å². The lowest BCUT2D eigenvalue weighted by molar-refractivity contribution is -0.127. The first-order valence-electron chi connectivity index (χ1n) is 6.22. The first kappa shape index (κ1) is 12.7. The van der Waals surface area contributed by atoms with Crippen LogP contribution in [0.15, 0.2) is 18.2 Å². The molecule has 1 aliphatic rings. The predicted molar refractivity (Wildman–Crippen MR) is 68.7 cm³/mol. The Balaban J connectivity index is 1.97. The highest BCUT2D eigenvalue weighted by Gasteiger charge is 2.24. The number of benzene rings is 1. The number of methoxy groups -OCH3 is 2. The van der Waals surface area contributed by atoms with Gasteiger partial charge in [-0.05, 0) is 30.5 Å². The monoisotopic (exact) mass is 249 g/mol. The number of carbonyl (C=O) groups excluding carboxylic acids is 1. The molecule has 1 saturated carbocycles. The van der Waals surface area contributed by atoms with E-state index in [1.54, 1.807) is 14.2 Å². The normalized spacial score (nSPS) is 14.8. The molecule has 0 aliphatic heterocycles. The molecule has 1 amide bonds. The molecule has 0 unspecified atom stereocenters. The van der Waals surface area contributed by atoms with E-state index in [9.17, 15) is 4.79 Å². The third-order valence-electron chi connectivity index (χ3n) is 3.35. The van der Waals surface area contributed by atoms with Gasteiger partial charge in [0.1, 0.15) is 11.5 Å². The second-order valence-electron chi connectivity index (χ2n) is 4.57. The quantitative estimate of drug-likeness (QED) is 0.869. The Kier molecular flexibility index (Phi) is 4.07. The van der Waals surface area contributed by atoms with Crippen molar-refractivity contribution in [3.63, 3.8) is 0 Å². The van der Waals surface area contributed by atoms with Crippen LogP contribution in [-0.2, 0) is 11.3 Å². The van der Waals surface area contributed by atoms with Gasteiger partial charge >= 0.3 is 0 Å². The number of carbonyl (C=O) groups is 1. The lowest BCUT2D eigenvalue weighted by Crippen LogP contribution is -2.33. The van der Waals surface area contributed by atoms with Crippen molar-refractivity contribution in [2.24, 2.45) is 5.92 Å². The maximum Gasteiger partial charge on any atom is 0.223 e.